The van der Waals surface area contributed by atoms with Gasteiger partial charge in [-0.3, -0.25) is 20.6 Å². The lowest BCUT2D eigenvalue weighted by molar-refractivity contribution is 0.0601. The number of hydrogen-bond acceptors (Lipinski definition) is 9. The summed E-state index contributed by atoms with van der Waals surface area (Å²) in [6, 6.07) is 10.0. The van der Waals surface area contributed by atoms with E-state index in [4.69, 9.17) is 10.5 Å². The molecule has 0 atom stereocenters. The maximum Gasteiger partial charge on any atom is 0.339 e. The van der Waals surface area contributed by atoms with Crippen molar-refractivity contribution in [1.82, 2.24) is 20.4 Å². The fourth-order valence-corrected chi connectivity index (χ4v) is 2.29. The van der Waals surface area contributed by atoms with Crippen LogP contribution in [0.15, 0.2) is 55.1 Å². The Balaban J connectivity index is 1.77. The van der Waals surface area contributed by atoms with Crippen LogP contribution >= 0.6 is 0 Å². The van der Waals surface area contributed by atoms with Crippen LogP contribution < -0.4 is 21.9 Å². The van der Waals surface area contributed by atoms with E-state index in [1.54, 1.807) is 42.6 Å². The summed E-state index contributed by atoms with van der Waals surface area (Å²) in [6.07, 6.45) is 4.26. The lowest BCUT2D eigenvalue weighted by atomic mass is 10.2. The van der Waals surface area contributed by atoms with Crippen LogP contribution in [0.5, 0.6) is 0 Å². The minimum Gasteiger partial charge on any atom is -0.465 e. The van der Waals surface area contributed by atoms with Crippen LogP contribution in [0.4, 0.5) is 23.0 Å². The molecule has 5 N–H and O–H groups in total. The molecular formula is C18H17N7O3. The van der Waals surface area contributed by atoms with Crippen molar-refractivity contribution in [3.8, 4) is 0 Å². The summed E-state index contributed by atoms with van der Waals surface area (Å²) in [7, 11) is 1.30. The van der Waals surface area contributed by atoms with Crippen LogP contribution in [-0.2, 0) is 4.74 Å². The molecule has 0 spiro atoms. The Hall–Kier alpha value is -4.21. The van der Waals surface area contributed by atoms with Gasteiger partial charge in [0.1, 0.15) is 12.0 Å². The number of methoxy groups -OCH3 is 1. The van der Waals surface area contributed by atoms with E-state index in [0.29, 0.717) is 16.8 Å². The highest BCUT2D eigenvalue weighted by Crippen LogP contribution is 2.27. The first-order chi connectivity index (χ1) is 13.6. The molecule has 1 amide bonds. The zero-order valence-corrected chi connectivity index (χ0v) is 14.8. The highest BCUT2D eigenvalue weighted by molar-refractivity contribution is 5.97. The Morgan fingerprint density at radius 1 is 1.07 bits per heavy atom. The van der Waals surface area contributed by atoms with Crippen molar-refractivity contribution in [2.45, 2.75) is 0 Å². The number of para-hydroxylation sites is 1. The van der Waals surface area contributed by atoms with Gasteiger partial charge in [0.15, 0.2) is 11.6 Å². The molecule has 3 rings (SSSR count). The molecule has 0 unspecified atom stereocenters. The largest absolute Gasteiger partial charge is 0.465 e. The van der Waals surface area contributed by atoms with Gasteiger partial charge in [0.25, 0.3) is 5.91 Å². The van der Waals surface area contributed by atoms with E-state index in [2.05, 4.69) is 31.1 Å². The molecule has 0 aliphatic rings. The van der Waals surface area contributed by atoms with E-state index in [9.17, 15) is 9.59 Å². The third-order valence-electron chi connectivity index (χ3n) is 3.69. The molecule has 28 heavy (non-hydrogen) atoms. The van der Waals surface area contributed by atoms with E-state index in [1.807, 2.05) is 0 Å². The van der Waals surface area contributed by atoms with Crippen molar-refractivity contribution >= 4 is 34.9 Å². The van der Waals surface area contributed by atoms with Crippen molar-refractivity contribution in [1.29, 1.82) is 0 Å². The molecule has 1 aromatic carbocycles. The molecular weight excluding hydrogens is 362 g/mol. The van der Waals surface area contributed by atoms with Gasteiger partial charge in [-0.2, -0.15) is 0 Å². The van der Waals surface area contributed by atoms with Gasteiger partial charge in [0, 0.05) is 12.4 Å². The van der Waals surface area contributed by atoms with Gasteiger partial charge in [-0.25, -0.2) is 14.8 Å². The second-order valence-electron chi connectivity index (χ2n) is 5.47. The molecule has 0 bridgehead atoms. The summed E-state index contributed by atoms with van der Waals surface area (Å²) in [4.78, 5) is 36.0. The molecule has 0 fully saturated rings. The number of carbonyl (C=O) groups is 2. The number of nitrogens with zero attached hydrogens (tertiary/aromatic N) is 3. The van der Waals surface area contributed by atoms with Crippen molar-refractivity contribution in [2.75, 3.05) is 23.6 Å². The van der Waals surface area contributed by atoms with Gasteiger partial charge >= 0.3 is 5.97 Å². The number of ether oxygens (including phenoxy) is 1. The Morgan fingerprint density at radius 2 is 1.86 bits per heavy atom. The third kappa shape index (κ3) is 4.12. The number of nitrogens with one attached hydrogen (secondary N) is 3. The van der Waals surface area contributed by atoms with Gasteiger partial charge in [-0.1, -0.05) is 12.1 Å². The molecule has 0 saturated carbocycles. The Morgan fingerprint density at radius 3 is 2.61 bits per heavy atom. The van der Waals surface area contributed by atoms with E-state index < -0.39 is 11.9 Å². The molecule has 0 radical (unpaired) electrons. The van der Waals surface area contributed by atoms with Crippen molar-refractivity contribution in [3.63, 3.8) is 0 Å². The number of nitrogen functional groups attached to an aromatic ring is 1. The molecule has 142 valence electrons. The van der Waals surface area contributed by atoms with Gasteiger partial charge in [-0.15, -0.1) is 0 Å². The van der Waals surface area contributed by atoms with Crippen LogP contribution in [0.1, 0.15) is 20.7 Å². The molecule has 10 heteroatoms. The number of esters is 1. The minimum atomic E-state index is -0.502. The normalized spacial score (nSPS) is 10.0. The second-order valence-corrected chi connectivity index (χ2v) is 5.47. The highest BCUT2D eigenvalue weighted by atomic mass is 16.5. The molecule has 2 heterocycles. The highest BCUT2D eigenvalue weighted by Gasteiger charge is 2.15. The first kappa shape index (κ1) is 18.6. The number of benzene rings is 1. The van der Waals surface area contributed by atoms with Gasteiger partial charge in [0.2, 0.25) is 0 Å². The van der Waals surface area contributed by atoms with E-state index in [1.165, 1.54) is 19.6 Å². The number of hydrogen-bond donors (Lipinski definition) is 4. The lowest BCUT2D eigenvalue weighted by Gasteiger charge is -2.14. The Bertz CT molecular complexity index is 995. The maximum atomic E-state index is 12.1. The number of carbonyl (C=O) groups excluding carboxylic acids is 2. The fraction of sp³-hybridized carbons (Fsp3) is 0.0556. The number of pyridine rings is 1. The lowest BCUT2D eigenvalue weighted by Crippen LogP contribution is -2.30. The SMILES string of the molecule is COC(=O)c1ccccc1Nc1ncnc(NNC(=O)c2cccnc2)c1N. The predicted octanol–water partition coefficient (Wildman–Crippen LogP) is 1.74. The smallest absolute Gasteiger partial charge is 0.339 e. The molecule has 2 aromatic heterocycles. The van der Waals surface area contributed by atoms with Gasteiger partial charge in [-0.05, 0) is 24.3 Å². The van der Waals surface area contributed by atoms with Gasteiger partial charge < -0.3 is 15.8 Å². The van der Waals surface area contributed by atoms with Gasteiger partial charge in [0.05, 0.1) is 23.9 Å². The van der Waals surface area contributed by atoms with Crippen molar-refractivity contribution in [3.05, 3.63) is 66.2 Å². The summed E-state index contributed by atoms with van der Waals surface area (Å²) in [5.74, 6) is -0.468. The first-order valence-electron chi connectivity index (χ1n) is 8.11. The number of hydrazine groups is 1. The van der Waals surface area contributed by atoms with Crippen molar-refractivity contribution < 1.29 is 14.3 Å². The number of anilines is 4. The fourth-order valence-electron chi connectivity index (χ4n) is 2.29. The summed E-state index contributed by atoms with van der Waals surface area (Å²) in [5, 5.41) is 2.98. The third-order valence-corrected chi connectivity index (χ3v) is 3.69. The van der Waals surface area contributed by atoms with Crippen LogP contribution in [0.3, 0.4) is 0 Å². The number of nitrogens with two attached hydrogens (primary N) is 1. The topological polar surface area (TPSA) is 144 Å². The molecule has 0 aliphatic carbocycles. The zero-order chi connectivity index (χ0) is 19.9. The molecule has 0 aliphatic heterocycles. The van der Waals surface area contributed by atoms with Crippen LogP contribution in [0, 0.1) is 0 Å². The monoisotopic (exact) mass is 379 g/mol. The first-order valence-corrected chi connectivity index (χ1v) is 8.11. The van der Waals surface area contributed by atoms with E-state index in [-0.39, 0.29) is 17.3 Å². The zero-order valence-electron chi connectivity index (χ0n) is 14.8. The predicted molar refractivity (Wildman–Crippen MR) is 103 cm³/mol. The van der Waals surface area contributed by atoms with E-state index in [0.717, 1.165) is 0 Å². The summed E-state index contributed by atoms with van der Waals surface area (Å²) in [6.45, 7) is 0. The van der Waals surface area contributed by atoms with Crippen LogP contribution in [-0.4, -0.2) is 33.9 Å². The summed E-state index contributed by atoms with van der Waals surface area (Å²) >= 11 is 0. The van der Waals surface area contributed by atoms with Crippen LogP contribution in [0.25, 0.3) is 0 Å². The average Bonchev–Trinajstić information content (AvgIpc) is 2.74. The average molecular weight is 379 g/mol. The minimum absolute atomic E-state index is 0.147. The summed E-state index contributed by atoms with van der Waals surface area (Å²) < 4.78 is 4.77. The molecule has 0 saturated heterocycles. The summed E-state index contributed by atoms with van der Waals surface area (Å²) in [5.41, 5.74) is 12.5. The van der Waals surface area contributed by atoms with E-state index >= 15 is 0 Å². The molecule has 10 nitrogen and oxygen atoms in total. The molecule has 3 aromatic rings. The standard InChI is InChI=1S/C18H17N7O3/c1-28-18(27)12-6-2-3-7-13(12)23-15-14(19)16(22-10-21-15)24-25-17(26)11-5-4-8-20-9-11/h2-10H,19H2,1H3,(H,25,26)(H2,21,22,23,24). The maximum absolute atomic E-state index is 12.1. The van der Waals surface area contributed by atoms with Crippen molar-refractivity contribution in [2.24, 2.45) is 0 Å². The number of aromatic nitrogens is 3. The number of rotatable bonds is 6. The van der Waals surface area contributed by atoms with Crippen LogP contribution in [0.2, 0.25) is 0 Å². The number of amides is 1. The second kappa shape index (κ2) is 8.45. The Kier molecular flexibility index (Phi) is 5.60. The Labute approximate surface area is 160 Å². The quantitative estimate of drug-likeness (QED) is 0.372.